The molecule has 0 fully saturated rings. The van der Waals surface area contributed by atoms with Gasteiger partial charge in [-0.15, -0.1) is 5.56 Å². The summed E-state index contributed by atoms with van der Waals surface area (Å²) in [6.07, 6.45) is 0. The average Bonchev–Trinajstić information content (AvgIpc) is 2.00. The molecule has 0 atom stereocenters. The van der Waals surface area contributed by atoms with Crippen LogP contribution in [0.3, 0.4) is 0 Å². The van der Waals surface area contributed by atoms with Gasteiger partial charge < -0.3 is 5.73 Å². The summed E-state index contributed by atoms with van der Waals surface area (Å²) in [5.41, 5.74) is 7.30. The van der Waals surface area contributed by atoms with E-state index in [1.165, 1.54) is 0 Å². The van der Waals surface area contributed by atoms with Crippen molar-refractivity contribution in [3.05, 3.63) is 29.8 Å². The number of nitrogen functional groups attached to an aromatic ring is 1. The zero-order valence-corrected chi connectivity index (χ0v) is 8.65. The molecule has 0 aliphatic rings. The number of aryl methyl sites for hydroxylation is 1. The predicted octanol–water partition coefficient (Wildman–Crippen LogP) is 2.65. The Morgan fingerprint density at radius 2 is 2.00 bits per heavy atom. The van der Waals surface area contributed by atoms with Crippen LogP contribution < -0.4 is 5.73 Å². The number of para-hydroxylation sites is 1. The Hall–Kier alpha value is -0.396. The largest absolute Gasteiger partial charge is 0.420 e. The van der Waals surface area contributed by atoms with Gasteiger partial charge in [-0.25, -0.2) is 0 Å². The Kier molecular flexibility index (Phi) is 9.26. The van der Waals surface area contributed by atoms with E-state index in [9.17, 15) is 0 Å². The third-order valence-corrected chi connectivity index (χ3v) is 1.11. The van der Waals surface area contributed by atoms with Crippen LogP contribution in [0.1, 0.15) is 20.8 Å². The van der Waals surface area contributed by atoms with Gasteiger partial charge in [0.25, 0.3) is 0 Å². The zero-order valence-electron chi connectivity index (χ0n) is 7.26. The van der Waals surface area contributed by atoms with Crippen molar-refractivity contribution >= 4 is 5.69 Å². The van der Waals surface area contributed by atoms with Crippen LogP contribution in [0, 0.1) is 13.0 Å². The van der Waals surface area contributed by atoms with E-state index in [-0.39, 0.29) is 20.0 Å². The number of nitrogens with two attached hydrogens (primary N) is 1. The fourth-order valence-corrected chi connectivity index (χ4v) is 0.534. The summed E-state index contributed by atoms with van der Waals surface area (Å²) in [4.78, 5) is 0. The van der Waals surface area contributed by atoms with Crippen LogP contribution in [0.5, 0.6) is 0 Å². The third kappa shape index (κ3) is 4.94. The van der Waals surface area contributed by atoms with Gasteiger partial charge >= 0.3 is 0 Å². The number of hydrogen-bond acceptors (Lipinski definition) is 1. The van der Waals surface area contributed by atoms with Crippen LogP contribution in [-0.2, 0) is 18.6 Å². The fraction of sp³-hybridized carbons (Fsp3) is 0.333. The van der Waals surface area contributed by atoms with E-state index < -0.39 is 0 Å². The minimum absolute atomic E-state index is 0. The van der Waals surface area contributed by atoms with Crippen molar-refractivity contribution in [2.75, 3.05) is 5.73 Å². The Balaban J connectivity index is -0.000000189. The third-order valence-electron chi connectivity index (χ3n) is 1.11. The quantitative estimate of drug-likeness (QED) is 0.492. The Labute approximate surface area is 82.4 Å². The van der Waals surface area contributed by atoms with Crippen molar-refractivity contribution in [3.63, 3.8) is 0 Å². The molecule has 0 aliphatic heterocycles. The molecule has 0 saturated heterocycles. The molecular weight excluding hydrogens is 173 g/mol. The summed E-state index contributed by atoms with van der Waals surface area (Å²) in [7, 11) is 0. The van der Waals surface area contributed by atoms with Gasteiger partial charge in [-0.2, -0.15) is 24.3 Å². The van der Waals surface area contributed by atoms with Gasteiger partial charge in [0.15, 0.2) is 0 Å². The van der Waals surface area contributed by atoms with Gasteiger partial charge in [0.2, 0.25) is 0 Å². The average molecular weight is 189 g/mol. The Bertz CT molecular complexity index is 171. The van der Waals surface area contributed by atoms with E-state index in [1.54, 1.807) is 0 Å². The van der Waals surface area contributed by atoms with Gasteiger partial charge in [0.05, 0.1) is 0 Å². The molecule has 0 spiro atoms. The molecule has 1 rings (SSSR count). The minimum Gasteiger partial charge on any atom is -0.420 e. The predicted molar refractivity (Wildman–Crippen MR) is 47.9 cm³/mol. The molecule has 63 valence electrons. The van der Waals surface area contributed by atoms with Gasteiger partial charge in [0.1, 0.15) is 0 Å². The van der Waals surface area contributed by atoms with Crippen LogP contribution >= 0.6 is 0 Å². The van der Waals surface area contributed by atoms with Crippen LogP contribution in [0.4, 0.5) is 5.69 Å². The second kappa shape index (κ2) is 7.71. The number of rotatable bonds is 0. The molecule has 2 heteroatoms. The Morgan fingerprint density at radius 1 is 1.45 bits per heavy atom. The van der Waals surface area contributed by atoms with Crippen molar-refractivity contribution in [2.45, 2.75) is 20.8 Å². The van der Waals surface area contributed by atoms with E-state index in [0.717, 1.165) is 11.3 Å². The van der Waals surface area contributed by atoms with E-state index in [4.69, 9.17) is 5.73 Å². The summed E-state index contributed by atoms with van der Waals surface area (Å²) >= 11 is 0. The van der Waals surface area contributed by atoms with E-state index in [1.807, 2.05) is 39.0 Å². The van der Waals surface area contributed by atoms with Crippen molar-refractivity contribution in [1.29, 1.82) is 0 Å². The molecule has 0 amide bonds. The number of hydrogen-bond donors (Lipinski definition) is 1. The molecule has 0 aromatic heterocycles. The molecule has 1 radical (unpaired) electrons. The maximum atomic E-state index is 5.46. The molecule has 2 N–H and O–H groups in total. The first kappa shape index (κ1) is 13.2. The van der Waals surface area contributed by atoms with Gasteiger partial charge in [-0.05, 0) is 0 Å². The zero-order chi connectivity index (χ0) is 7.98. The Morgan fingerprint density at radius 3 is 2.27 bits per heavy atom. The van der Waals surface area contributed by atoms with Crippen molar-refractivity contribution in [2.24, 2.45) is 0 Å². The maximum absolute atomic E-state index is 5.46. The topological polar surface area (TPSA) is 26.0 Å². The monoisotopic (exact) mass is 189 g/mol. The van der Waals surface area contributed by atoms with Crippen LogP contribution in [-0.4, -0.2) is 0 Å². The summed E-state index contributed by atoms with van der Waals surface area (Å²) in [6, 6.07) is 8.57. The normalized spacial score (nSPS) is 7.18. The molecule has 0 heterocycles. The van der Waals surface area contributed by atoms with Crippen molar-refractivity contribution in [1.82, 2.24) is 0 Å². The first-order valence-electron chi connectivity index (χ1n) is 3.53. The standard InChI is InChI=1S/C7H8N.C2H6.V.H2/c1-6-4-2-3-5-7(6)8;1-2;;/h2-4H,8H2,1H3;1-2H3;;1H/q-1;;;. The number of anilines is 1. The first-order chi connectivity index (χ1) is 4.80. The van der Waals surface area contributed by atoms with Crippen LogP contribution in [0.15, 0.2) is 18.2 Å². The van der Waals surface area contributed by atoms with Crippen LogP contribution in [0.25, 0.3) is 0 Å². The van der Waals surface area contributed by atoms with Crippen molar-refractivity contribution < 1.29 is 20.0 Å². The summed E-state index contributed by atoms with van der Waals surface area (Å²) < 4.78 is 0. The van der Waals surface area contributed by atoms with Gasteiger partial charge in [-0.1, -0.05) is 26.5 Å². The molecule has 1 aromatic carbocycles. The second-order valence-electron chi connectivity index (χ2n) is 1.77. The van der Waals surface area contributed by atoms with Crippen LogP contribution in [0.2, 0.25) is 0 Å². The van der Waals surface area contributed by atoms with E-state index in [0.29, 0.717) is 0 Å². The van der Waals surface area contributed by atoms with E-state index in [2.05, 4.69) is 6.07 Å². The molecule has 0 bridgehead atoms. The summed E-state index contributed by atoms with van der Waals surface area (Å²) in [6.45, 7) is 5.96. The molecule has 11 heavy (non-hydrogen) atoms. The minimum atomic E-state index is 0. The molecule has 0 saturated carbocycles. The maximum Gasteiger partial charge on any atom is 0 e. The van der Waals surface area contributed by atoms with E-state index >= 15 is 0 Å². The molecule has 1 nitrogen and oxygen atoms in total. The molecule has 0 aliphatic carbocycles. The van der Waals surface area contributed by atoms with Gasteiger partial charge in [0, 0.05) is 20.0 Å². The molecule has 1 aromatic rings. The second-order valence-corrected chi connectivity index (χ2v) is 1.77. The van der Waals surface area contributed by atoms with Gasteiger partial charge in [-0.3, -0.25) is 0 Å². The molecule has 0 unspecified atom stereocenters. The summed E-state index contributed by atoms with van der Waals surface area (Å²) in [5.74, 6) is 0. The SMILES string of the molecule is CC.Cc1ccc[c-]c1N.[HH].[V]. The number of benzene rings is 1. The molecular formula is C9H16NV-. The summed E-state index contributed by atoms with van der Waals surface area (Å²) in [5, 5.41) is 0. The smallest absolute Gasteiger partial charge is 0 e. The fourth-order valence-electron chi connectivity index (χ4n) is 0.534. The van der Waals surface area contributed by atoms with Crippen molar-refractivity contribution in [3.8, 4) is 0 Å². The first-order valence-corrected chi connectivity index (χ1v) is 3.53.